The van der Waals surface area contributed by atoms with Gasteiger partial charge in [0, 0.05) is 12.8 Å². The van der Waals surface area contributed by atoms with E-state index in [1.54, 1.807) is 6.92 Å². The van der Waals surface area contributed by atoms with Gasteiger partial charge in [-0.2, -0.15) is 0 Å². The standard InChI is InChI=1S/C9H14FNO4/c1-2-3-8(13)11-7(9(14)15)4-6(12)5-10/h7H,2-5H2,1H3,(H,11,13)(H,14,15). The molecular formula is C9H14FNO4. The molecule has 0 rings (SSSR count). The second-order valence-electron chi connectivity index (χ2n) is 3.08. The summed E-state index contributed by atoms with van der Waals surface area (Å²) >= 11 is 0. The Morgan fingerprint density at radius 2 is 2.00 bits per heavy atom. The van der Waals surface area contributed by atoms with Crippen LogP contribution in [0.1, 0.15) is 26.2 Å². The third-order valence-corrected chi connectivity index (χ3v) is 1.69. The van der Waals surface area contributed by atoms with Gasteiger partial charge in [-0.15, -0.1) is 0 Å². The number of rotatable bonds is 7. The van der Waals surface area contributed by atoms with Crippen molar-refractivity contribution in [3.05, 3.63) is 0 Å². The van der Waals surface area contributed by atoms with Gasteiger partial charge in [0.2, 0.25) is 5.91 Å². The lowest BCUT2D eigenvalue weighted by Gasteiger charge is -2.12. The maximum atomic E-state index is 11.8. The molecule has 1 unspecified atom stereocenters. The van der Waals surface area contributed by atoms with Crippen molar-refractivity contribution >= 4 is 17.7 Å². The molecule has 15 heavy (non-hydrogen) atoms. The molecule has 5 nitrogen and oxygen atoms in total. The molecule has 0 aliphatic heterocycles. The number of aliphatic carboxylic acids is 1. The maximum absolute atomic E-state index is 11.8. The van der Waals surface area contributed by atoms with Crippen LogP contribution in [0.3, 0.4) is 0 Å². The van der Waals surface area contributed by atoms with Crippen LogP contribution >= 0.6 is 0 Å². The van der Waals surface area contributed by atoms with Crippen LogP contribution in [0.2, 0.25) is 0 Å². The Hall–Kier alpha value is -1.46. The summed E-state index contributed by atoms with van der Waals surface area (Å²) in [6.45, 7) is 0.551. The van der Waals surface area contributed by atoms with Gasteiger partial charge in [0.25, 0.3) is 0 Å². The largest absolute Gasteiger partial charge is 0.480 e. The Balaban J connectivity index is 4.22. The first-order valence-corrected chi connectivity index (χ1v) is 4.61. The number of carboxylic acid groups (broad SMARTS) is 1. The van der Waals surface area contributed by atoms with E-state index in [9.17, 15) is 18.8 Å². The predicted molar refractivity (Wildman–Crippen MR) is 50.1 cm³/mol. The van der Waals surface area contributed by atoms with Gasteiger partial charge in [-0.05, 0) is 6.42 Å². The second kappa shape index (κ2) is 6.92. The Labute approximate surface area is 86.7 Å². The zero-order valence-corrected chi connectivity index (χ0v) is 8.46. The molecule has 0 aliphatic rings. The minimum atomic E-state index is -1.33. The van der Waals surface area contributed by atoms with Crippen molar-refractivity contribution in [2.24, 2.45) is 0 Å². The minimum Gasteiger partial charge on any atom is -0.480 e. The van der Waals surface area contributed by atoms with Crippen LogP contribution in [0.4, 0.5) is 4.39 Å². The van der Waals surface area contributed by atoms with E-state index < -0.39 is 36.8 Å². The first-order chi connectivity index (χ1) is 7.01. The van der Waals surface area contributed by atoms with E-state index in [2.05, 4.69) is 5.32 Å². The fourth-order valence-corrected chi connectivity index (χ4v) is 0.976. The van der Waals surface area contributed by atoms with Crippen LogP contribution in [0.15, 0.2) is 0 Å². The van der Waals surface area contributed by atoms with Crippen molar-refractivity contribution in [3.8, 4) is 0 Å². The molecule has 0 aromatic heterocycles. The predicted octanol–water partition coefficient (Wildman–Crippen LogP) is 0.285. The van der Waals surface area contributed by atoms with E-state index in [4.69, 9.17) is 5.11 Å². The lowest BCUT2D eigenvalue weighted by molar-refractivity contribution is -0.143. The number of hydrogen-bond acceptors (Lipinski definition) is 3. The summed E-state index contributed by atoms with van der Waals surface area (Å²) in [6.07, 6.45) is 0.254. The van der Waals surface area contributed by atoms with Crippen molar-refractivity contribution in [2.45, 2.75) is 32.2 Å². The number of hydrogen-bond donors (Lipinski definition) is 2. The van der Waals surface area contributed by atoms with Gasteiger partial charge in [-0.1, -0.05) is 6.92 Å². The number of amides is 1. The minimum absolute atomic E-state index is 0.188. The number of carbonyl (C=O) groups excluding carboxylic acids is 2. The molecule has 0 aromatic rings. The molecule has 0 radical (unpaired) electrons. The Morgan fingerprint density at radius 1 is 1.40 bits per heavy atom. The van der Waals surface area contributed by atoms with E-state index in [1.807, 2.05) is 0 Å². The quantitative estimate of drug-likeness (QED) is 0.644. The number of Topliss-reactive ketones (excluding diaryl/α,β-unsaturated/α-hetero) is 1. The van der Waals surface area contributed by atoms with Crippen molar-refractivity contribution in [1.29, 1.82) is 0 Å². The van der Waals surface area contributed by atoms with Gasteiger partial charge < -0.3 is 10.4 Å². The van der Waals surface area contributed by atoms with Crippen LogP contribution in [0.25, 0.3) is 0 Å². The van der Waals surface area contributed by atoms with E-state index in [1.165, 1.54) is 0 Å². The monoisotopic (exact) mass is 219 g/mol. The number of carbonyl (C=O) groups is 3. The number of halogens is 1. The lowest BCUT2D eigenvalue weighted by atomic mass is 10.1. The number of alkyl halides is 1. The number of nitrogens with one attached hydrogen (secondary N) is 1. The third-order valence-electron chi connectivity index (χ3n) is 1.69. The van der Waals surface area contributed by atoms with E-state index in [0.717, 1.165) is 0 Å². The molecule has 0 aromatic carbocycles. The third kappa shape index (κ3) is 5.77. The highest BCUT2D eigenvalue weighted by atomic mass is 19.1. The maximum Gasteiger partial charge on any atom is 0.326 e. The fourth-order valence-electron chi connectivity index (χ4n) is 0.976. The van der Waals surface area contributed by atoms with Crippen molar-refractivity contribution in [1.82, 2.24) is 5.32 Å². The van der Waals surface area contributed by atoms with Crippen molar-refractivity contribution in [2.75, 3.05) is 6.67 Å². The average molecular weight is 219 g/mol. The molecule has 0 fully saturated rings. The lowest BCUT2D eigenvalue weighted by Crippen LogP contribution is -2.42. The molecule has 86 valence electrons. The summed E-state index contributed by atoms with van der Waals surface area (Å²) in [6, 6.07) is -1.33. The highest BCUT2D eigenvalue weighted by Gasteiger charge is 2.22. The first kappa shape index (κ1) is 13.5. The average Bonchev–Trinajstić information content (AvgIpc) is 2.16. The molecule has 0 heterocycles. The van der Waals surface area contributed by atoms with E-state index >= 15 is 0 Å². The zero-order valence-electron chi connectivity index (χ0n) is 8.46. The van der Waals surface area contributed by atoms with Crippen molar-refractivity contribution < 1.29 is 23.9 Å². The normalized spacial score (nSPS) is 11.9. The molecule has 1 atom stereocenters. The molecule has 6 heteroatoms. The van der Waals surface area contributed by atoms with Crippen LogP contribution in [-0.4, -0.2) is 35.5 Å². The van der Waals surface area contributed by atoms with Gasteiger partial charge in [-0.3, -0.25) is 9.59 Å². The van der Waals surface area contributed by atoms with Crippen LogP contribution < -0.4 is 5.32 Å². The topological polar surface area (TPSA) is 83.5 Å². The molecule has 0 bridgehead atoms. The highest BCUT2D eigenvalue weighted by molar-refractivity contribution is 5.89. The molecule has 1 amide bonds. The molecule has 0 saturated carbocycles. The van der Waals surface area contributed by atoms with Gasteiger partial charge >= 0.3 is 5.97 Å². The van der Waals surface area contributed by atoms with Crippen LogP contribution in [0.5, 0.6) is 0 Å². The Bertz CT molecular complexity index is 254. The summed E-state index contributed by atoms with van der Waals surface area (Å²) in [5, 5.41) is 10.8. The van der Waals surface area contributed by atoms with Crippen LogP contribution in [-0.2, 0) is 14.4 Å². The Morgan fingerprint density at radius 3 is 2.40 bits per heavy atom. The zero-order chi connectivity index (χ0) is 11.8. The molecule has 0 saturated heterocycles. The molecular weight excluding hydrogens is 205 g/mol. The molecule has 0 aliphatic carbocycles. The summed E-state index contributed by atoms with van der Waals surface area (Å²) in [7, 11) is 0. The van der Waals surface area contributed by atoms with E-state index in [-0.39, 0.29) is 6.42 Å². The molecule has 2 N–H and O–H groups in total. The smallest absolute Gasteiger partial charge is 0.326 e. The first-order valence-electron chi connectivity index (χ1n) is 4.61. The highest BCUT2D eigenvalue weighted by Crippen LogP contribution is 1.97. The number of carboxylic acids is 1. The van der Waals surface area contributed by atoms with Gasteiger partial charge in [0.15, 0.2) is 5.78 Å². The second-order valence-corrected chi connectivity index (χ2v) is 3.08. The van der Waals surface area contributed by atoms with Gasteiger partial charge in [0.05, 0.1) is 0 Å². The SMILES string of the molecule is CCCC(=O)NC(CC(=O)CF)C(=O)O. The van der Waals surface area contributed by atoms with Crippen LogP contribution in [0, 0.1) is 0 Å². The van der Waals surface area contributed by atoms with Crippen molar-refractivity contribution in [3.63, 3.8) is 0 Å². The summed E-state index contributed by atoms with van der Waals surface area (Å²) in [5.74, 6) is -2.61. The van der Waals surface area contributed by atoms with Gasteiger partial charge in [0.1, 0.15) is 12.7 Å². The summed E-state index contributed by atoms with van der Waals surface area (Å²) in [4.78, 5) is 32.3. The number of ketones is 1. The van der Waals surface area contributed by atoms with E-state index in [0.29, 0.717) is 6.42 Å². The Kier molecular flexibility index (Phi) is 6.24. The summed E-state index contributed by atoms with van der Waals surface area (Å²) < 4.78 is 11.8. The summed E-state index contributed by atoms with van der Waals surface area (Å²) in [5.41, 5.74) is 0. The fraction of sp³-hybridized carbons (Fsp3) is 0.667. The van der Waals surface area contributed by atoms with Gasteiger partial charge in [-0.25, -0.2) is 9.18 Å². The molecule has 0 spiro atoms.